The van der Waals surface area contributed by atoms with Crippen molar-refractivity contribution in [3.63, 3.8) is 0 Å². The van der Waals surface area contributed by atoms with Gasteiger partial charge in [-0.2, -0.15) is 4.31 Å². The summed E-state index contributed by atoms with van der Waals surface area (Å²) in [5, 5.41) is 2.78. The molecule has 0 aliphatic carbocycles. The summed E-state index contributed by atoms with van der Waals surface area (Å²) in [5.74, 6) is -0.190. The summed E-state index contributed by atoms with van der Waals surface area (Å²) < 4.78 is 28.9. The zero-order valence-corrected chi connectivity index (χ0v) is 21.3. The average Bonchev–Trinajstić information content (AvgIpc) is 3.50. The Morgan fingerprint density at radius 1 is 1.12 bits per heavy atom. The van der Waals surface area contributed by atoms with Crippen molar-refractivity contribution in [2.45, 2.75) is 30.9 Å². The lowest BCUT2D eigenvalue weighted by atomic mass is 9.98. The summed E-state index contributed by atoms with van der Waals surface area (Å²) in [5.41, 5.74) is 3.51. The minimum atomic E-state index is -3.51. The molecular formula is C23H28N4O3S3. The Morgan fingerprint density at radius 2 is 1.91 bits per heavy atom. The van der Waals surface area contributed by atoms with Crippen LogP contribution in [-0.4, -0.2) is 67.8 Å². The maximum atomic E-state index is 13.3. The van der Waals surface area contributed by atoms with Gasteiger partial charge < -0.3 is 9.80 Å². The number of sulfonamides is 1. The molecule has 2 saturated heterocycles. The van der Waals surface area contributed by atoms with Crippen molar-refractivity contribution in [3.8, 4) is 0 Å². The zero-order chi connectivity index (χ0) is 23.2. The number of hydrogen-bond acceptors (Lipinski definition) is 7. The third-order valence-corrected chi connectivity index (χ3v) is 11.0. The highest BCUT2D eigenvalue weighted by Crippen LogP contribution is 2.33. The van der Waals surface area contributed by atoms with Crippen LogP contribution in [0, 0.1) is 19.8 Å². The number of benzene rings is 1. The van der Waals surface area contributed by atoms with E-state index in [0.29, 0.717) is 30.3 Å². The molecule has 0 N–H and O–H groups in total. The van der Waals surface area contributed by atoms with Crippen LogP contribution in [0.4, 0.5) is 5.13 Å². The zero-order valence-electron chi connectivity index (χ0n) is 18.9. The van der Waals surface area contributed by atoms with Crippen molar-refractivity contribution < 1.29 is 13.2 Å². The van der Waals surface area contributed by atoms with Gasteiger partial charge in [0.2, 0.25) is 5.91 Å². The Kier molecular flexibility index (Phi) is 6.19. The highest BCUT2D eigenvalue weighted by molar-refractivity contribution is 7.91. The Balaban J connectivity index is 1.23. The Bertz CT molecular complexity index is 1260. The number of piperidine rings is 1. The van der Waals surface area contributed by atoms with E-state index in [2.05, 4.69) is 30.9 Å². The first-order valence-corrected chi connectivity index (χ1v) is 14.4. The summed E-state index contributed by atoms with van der Waals surface area (Å²) in [7, 11) is -3.51. The molecule has 2 fully saturated rings. The van der Waals surface area contributed by atoms with Crippen LogP contribution in [0.5, 0.6) is 0 Å². The molecule has 0 spiro atoms. The van der Waals surface area contributed by atoms with Gasteiger partial charge in [-0.3, -0.25) is 4.79 Å². The van der Waals surface area contributed by atoms with Gasteiger partial charge in [-0.1, -0.05) is 23.5 Å². The van der Waals surface area contributed by atoms with Gasteiger partial charge in [-0.25, -0.2) is 13.4 Å². The van der Waals surface area contributed by atoms with Crippen LogP contribution < -0.4 is 4.90 Å². The largest absolute Gasteiger partial charge is 0.345 e. The number of carbonyl (C=O) groups excluding carboxylic acids is 1. The Labute approximate surface area is 202 Å². The van der Waals surface area contributed by atoms with Gasteiger partial charge in [0, 0.05) is 39.3 Å². The first-order chi connectivity index (χ1) is 15.8. The number of fused-ring (bicyclic) bond motifs is 1. The van der Waals surface area contributed by atoms with Crippen molar-refractivity contribution >= 4 is 54.0 Å². The lowest BCUT2D eigenvalue weighted by Crippen LogP contribution is -2.53. The molecule has 7 nitrogen and oxygen atoms in total. The normalized spacial score (nSPS) is 20.5. The van der Waals surface area contributed by atoms with Crippen LogP contribution in [0.25, 0.3) is 10.2 Å². The minimum absolute atomic E-state index is 0.0801. The number of piperazine rings is 1. The molecule has 3 aromatic rings. The van der Waals surface area contributed by atoms with E-state index in [-0.39, 0.29) is 18.4 Å². The molecule has 2 aliphatic heterocycles. The standard InChI is InChI=1S/C23H28N4O3S3/c1-16-13-17(2)21-19(14-16)24-23(32-21)26-10-8-25(9-11-26)22(28)18-5-3-7-27(15-18)33(29,30)20-6-4-12-31-20/h4,6,12-14,18H,3,5,7-11,15H2,1-2H3. The molecule has 0 bridgehead atoms. The lowest BCUT2D eigenvalue weighted by molar-refractivity contribution is -0.137. The van der Waals surface area contributed by atoms with Gasteiger partial charge in [0.05, 0.1) is 16.1 Å². The number of nitrogens with zero attached hydrogens (tertiary/aromatic N) is 4. The molecule has 0 saturated carbocycles. The van der Waals surface area contributed by atoms with Crippen molar-refractivity contribution in [1.29, 1.82) is 0 Å². The summed E-state index contributed by atoms with van der Waals surface area (Å²) in [4.78, 5) is 22.3. The molecule has 33 heavy (non-hydrogen) atoms. The topological polar surface area (TPSA) is 73.8 Å². The second-order valence-electron chi connectivity index (χ2n) is 8.87. The minimum Gasteiger partial charge on any atom is -0.345 e. The van der Waals surface area contributed by atoms with Gasteiger partial charge in [0.25, 0.3) is 10.0 Å². The molecule has 1 aromatic carbocycles. The monoisotopic (exact) mass is 504 g/mol. The van der Waals surface area contributed by atoms with E-state index >= 15 is 0 Å². The predicted molar refractivity (Wildman–Crippen MR) is 134 cm³/mol. The number of aromatic nitrogens is 1. The number of aryl methyl sites for hydroxylation is 2. The molecule has 5 rings (SSSR count). The number of anilines is 1. The number of hydrogen-bond donors (Lipinski definition) is 0. The molecular weight excluding hydrogens is 476 g/mol. The van der Waals surface area contributed by atoms with E-state index < -0.39 is 10.0 Å². The van der Waals surface area contributed by atoms with Crippen LogP contribution in [0.3, 0.4) is 0 Å². The number of thiophene rings is 1. The van der Waals surface area contributed by atoms with Gasteiger partial charge in [0.1, 0.15) is 4.21 Å². The summed E-state index contributed by atoms with van der Waals surface area (Å²) in [6.07, 6.45) is 1.46. The molecule has 2 aliphatic rings. The van der Waals surface area contributed by atoms with Gasteiger partial charge in [-0.05, 0) is 55.3 Å². The van der Waals surface area contributed by atoms with Gasteiger partial charge in [-0.15, -0.1) is 11.3 Å². The fourth-order valence-corrected chi connectivity index (χ4v) is 8.51. The van der Waals surface area contributed by atoms with Crippen LogP contribution in [0.1, 0.15) is 24.0 Å². The fraction of sp³-hybridized carbons (Fsp3) is 0.478. The molecule has 1 amide bonds. The molecule has 4 heterocycles. The van der Waals surface area contributed by atoms with E-state index in [1.54, 1.807) is 28.8 Å². The average molecular weight is 505 g/mol. The second kappa shape index (κ2) is 8.98. The molecule has 176 valence electrons. The maximum Gasteiger partial charge on any atom is 0.252 e. The Morgan fingerprint density at radius 3 is 2.64 bits per heavy atom. The first kappa shape index (κ1) is 22.8. The number of thiazole rings is 1. The summed E-state index contributed by atoms with van der Waals surface area (Å²) in [6, 6.07) is 7.70. The third-order valence-electron chi connectivity index (χ3n) is 6.49. The van der Waals surface area contributed by atoms with Crippen LogP contribution in [0.2, 0.25) is 0 Å². The summed E-state index contributed by atoms with van der Waals surface area (Å²) >= 11 is 2.94. The van der Waals surface area contributed by atoms with E-state index in [9.17, 15) is 13.2 Å². The number of rotatable bonds is 4. The molecule has 0 radical (unpaired) electrons. The smallest absolute Gasteiger partial charge is 0.252 e. The molecule has 2 aromatic heterocycles. The van der Waals surface area contributed by atoms with E-state index in [0.717, 1.165) is 30.2 Å². The SMILES string of the molecule is Cc1cc(C)c2sc(N3CCN(C(=O)C4CCCN(S(=O)(=O)c5cccs5)C4)CC3)nc2c1. The van der Waals surface area contributed by atoms with Crippen molar-refractivity contribution in [2.24, 2.45) is 5.92 Å². The lowest BCUT2D eigenvalue weighted by Gasteiger charge is -2.38. The molecule has 1 unspecified atom stereocenters. The van der Waals surface area contributed by atoms with E-state index in [4.69, 9.17) is 4.98 Å². The Hall–Kier alpha value is -2.01. The molecule has 10 heteroatoms. The van der Waals surface area contributed by atoms with Crippen LogP contribution in [-0.2, 0) is 14.8 Å². The highest BCUT2D eigenvalue weighted by Gasteiger charge is 2.36. The van der Waals surface area contributed by atoms with Crippen LogP contribution in [0.15, 0.2) is 33.9 Å². The highest BCUT2D eigenvalue weighted by atomic mass is 32.2. The predicted octanol–water partition coefficient (Wildman–Crippen LogP) is 3.72. The maximum absolute atomic E-state index is 13.3. The van der Waals surface area contributed by atoms with Gasteiger partial charge in [0.15, 0.2) is 5.13 Å². The third kappa shape index (κ3) is 4.41. The number of amides is 1. The van der Waals surface area contributed by atoms with E-state index in [1.807, 2.05) is 4.90 Å². The second-order valence-corrected chi connectivity index (χ2v) is 13.0. The molecule has 1 atom stereocenters. The fourth-order valence-electron chi connectivity index (χ4n) is 4.78. The van der Waals surface area contributed by atoms with Crippen molar-refractivity contribution in [2.75, 3.05) is 44.2 Å². The number of carbonyl (C=O) groups is 1. The van der Waals surface area contributed by atoms with Crippen molar-refractivity contribution in [3.05, 3.63) is 40.8 Å². The van der Waals surface area contributed by atoms with Crippen LogP contribution >= 0.6 is 22.7 Å². The van der Waals surface area contributed by atoms with Gasteiger partial charge >= 0.3 is 0 Å². The van der Waals surface area contributed by atoms with Crippen molar-refractivity contribution in [1.82, 2.24) is 14.2 Å². The summed E-state index contributed by atoms with van der Waals surface area (Å²) in [6.45, 7) is 7.74. The quantitative estimate of drug-likeness (QED) is 0.541. The first-order valence-electron chi connectivity index (χ1n) is 11.3. The van der Waals surface area contributed by atoms with E-state index in [1.165, 1.54) is 31.5 Å².